The summed E-state index contributed by atoms with van der Waals surface area (Å²) >= 11 is 0. The maximum atomic E-state index is 6.90. The molecular formula is C52H33N3O. The van der Waals surface area contributed by atoms with Gasteiger partial charge in [0.25, 0.3) is 0 Å². The number of hydrogen-bond acceptors (Lipinski definition) is 3. The molecule has 56 heavy (non-hydrogen) atoms. The Kier molecular flexibility index (Phi) is 7.46. The zero-order valence-corrected chi connectivity index (χ0v) is 30.3. The van der Waals surface area contributed by atoms with Crippen LogP contribution in [0.2, 0.25) is 0 Å². The molecule has 262 valence electrons. The first-order valence-corrected chi connectivity index (χ1v) is 18.9. The Hall–Kier alpha value is -7.56. The first-order valence-electron chi connectivity index (χ1n) is 18.9. The van der Waals surface area contributed by atoms with Gasteiger partial charge in [-0.25, -0.2) is 9.97 Å². The van der Waals surface area contributed by atoms with Crippen molar-refractivity contribution in [2.45, 2.75) is 0 Å². The Labute approximate surface area is 323 Å². The van der Waals surface area contributed by atoms with Crippen LogP contribution in [0.1, 0.15) is 0 Å². The number of para-hydroxylation sites is 3. The molecule has 0 amide bonds. The molecule has 0 aliphatic heterocycles. The molecule has 3 aromatic heterocycles. The third-order valence-electron chi connectivity index (χ3n) is 10.8. The van der Waals surface area contributed by atoms with Crippen LogP contribution in [0, 0.1) is 0 Å². The number of benzene rings is 8. The van der Waals surface area contributed by atoms with Crippen molar-refractivity contribution >= 4 is 43.9 Å². The summed E-state index contributed by atoms with van der Waals surface area (Å²) in [6.45, 7) is 0. The number of hydrogen-bond donors (Lipinski definition) is 0. The second kappa shape index (κ2) is 13.1. The molecular weight excluding hydrogens is 683 g/mol. The Bertz CT molecular complexity index is 3180. The summed E-state index contributed by atoms with van der Waals surface area (Å²) in [4.78, 5) is 10.3. The molecule has 11 rings (SSSR count). The molecule has 0 fully saturated rings. The summed E-state index contributed by atoms with van der Waals surface area (Å²) < 4.78 is 9.26. The lowest BCUT2D eigenvalue weighted by atomic mass is 9.97. The topological polar surface area (TPSA) is 43.9 Å². The third-order valence-corrected chi connectivity index (χ3v) is 10.8. The molecule has 8 aromatic carbocycles. The van der Waals surface area contributed by atoms with Crippen LogP contribution in [0.15, 0.2) is 205 Å². The number of aromatic nitrogens is 3. The van der Waals surface area contributed by atoms with E-state index in [9.17, 15) is 0 Å². The van der Waals surface area contributed by atoms with E-state index in [0.717, 1.165) is 66.8 Å². The first-order chi connectivity index (χ1) is 27.8. The predicted molar refractivity (Wildman–Crippen MR) is 231 cm³/mol. The molecule has 11 aromatic rings. The Morgan fingerprint density at radius 1 is 0.357 bits per heavy atom. The summed E-state index contributed by atoms with van der Waals surface area (Å²) in [6.07, 6.45) is 0. The molecule has 0 spiro atoms. The highest BCUT2D eigenvalue weighted by Gasteiger charge is 2.21. The van der Waals surface area contributed by atoms with Gasteiger partial charge in [-0.1, -0.05) is 164 Å². The Morgan fingerprint density at radius 3 is 1.62 bits per heavy atom. The molecule has 4 heteroatoms. The molecule has 3 heterocycles. The molecule has 0 bridgehead atoms. The lowest BCUT2D eigenvalue weighted by Crippen LogP contribution is -1.94. The van der Waals surface area contributed by atoms with Crippen molar-refractivity contribution in [3.63, 3.8) is 0 Å². The van der Waals surface area contributed by atoms with E-state index in [1.54, 1.807) is 0 Å². The van der Waals surface area contributed by atoms with Crippen molar-refractivity contribution < 1.29 is 4.42 Å². The maximum absolute atomic E-state index is 6.90. The van der Waals surface area contributed by atoms with Crippen LogP contribution in [0.4, 0.5) is 0 Å². The van der Waals surface area contributed by atoms with Gasteiger partial charge in [0, 0.05) is 38.5 Å². The fourth-order valence-corrected chi connectivity index (χ4v) is 8.15. The first kappa shape index (κ1) is 31.9. The quantitative estimate of drug-likeness (QED) is 0.172. The van der Waals surface area contributed by atoms with Crippen molar-refractivity contribution in [3.8, 4) is 61.7 Å². The van der Waals surface area contributed by atoms with Gasteiger partial charge in [-0.05, 0) is 64.2 Å². The van der Waals surface area contributed by atoms with Crippen molar-refractivity contribution in [2.24, 2.45) is 0 Å². The van der Waals surface area contributed by atoms with Crippen LogP contribution in [0.25, 0.3) is 106 Å². The lowest BCUT2D eigenvalue weighted by molar-refractivity contribution is 0.668. The van der Waals surface area contributed by atoms with E-state index in [1.165, 1.54) is 27.4 Å². The lowest BCUT2D eigenvalue weighted by Gasteiger charge is -2.11. The molecule has 0 atom stereocenters. The molecule has 0 radical (unpaired) electrons. The van der Waals surface area contributed by atoms with Crippen LogP contribution in [-0.2, 0) is 0 Å². The maximum Gasteiger partial charge on any atom is 0.180 e. The van der Waals surface area contributed by atoms with E-state index in [2.05, 4.69) is 180 Å². The highest BCUT2D eigenvalue weighted by Crippen LogP contribution is 2.41. The fraction of sp³-hybridized carbons (Fsp3) is 0. The molecule has 0 saturated carbocycles. The summed E-state index contributed by atoms with van der Waals surface area (Å²) in [7, 11) is 0. The highest BCUT2D eigenvalue weighted by molar-refractivity contribution is 6.11. The van der Waals surface area contributed by atoms with Crippen LogP contribution in [0.5, 0.6) is 0 Å². The van der Waals surface area contributed by atoms with Crippen LogP contribution in [0.3, 0.4) is 0 Å². The minimum Gasteiger partial charge on any atom is -0.451 e. The van der Waals surface area contributed by atoms with E-state index < -0.39 is 0 Å². The highest BCUT2D eigenvalue weighted by atomic mass is 16.3. The van der Waals surface area contributed by atoms with Gasteiger partial charge in [0.15, 0.2) is 11.4 Å². The van der Waals surface area contributed by atoms with Crippen LogP contribution >= 0.6 is 0 Å². The average Bonchev–Trinajstić information content (AvgIpc) is 3.83. The molecule has 0 N–H and O–H groups in total. The van der Waals surface area contributed by atoms with Gasteiger partial charge >= 0.3 is 0 Å². The zero-order chi connectivity index (χ0) is 37.0. The van der Waals surface area contributed by atoms with Gasteiger partial charge in [0.2, 0.25) is 0 Å². The second-order valence-electron chi connectivity index (χ2n) is 14.2. The minimum atomic E-state index is 0.665. The predicted octanol–water partition coefficient (Wildman–Crippen LogP) is 13.8. The normalized spacial score (nSPS) is 11.6. The fourth-order valence-electron chi connectivity index (χ4n) is 8.15. The largest absolute Gasteiger partial charge is 0.451 e. The summed E-state index contributed by atoms with van der Waals surface area (Å²) in [5.74, 6) is 0.665. The summed E-state index contributed by atoms with van der Waals surface area (Å²) in [5, 5.41) is 3.46. The van der Waals surface area contributed by atoms with Crippen molar-refractivity contribution in [2.75, 3.05) is 0 Å². The summed E-state index contributed by atoms with van der Waals surface area (Å²) in [5.41, 5.74) is 15.1. The Balaban J connectivity index is 1.04. The second-order valence-corrected chi connectivity index (χ2v) is 14.2. The number of nitrogens with zero attached hydrogens (tertiary/aromatic N) is 3. The van der Waals surface area contributed by atoms with Gasteiger partial charge in [-0.2, -0.15) is 0 Å². The van der Waals surface area contributed by atoms with Crippen LogP contribution in [-0.4, -0.2) is 14.5 Å². The smallest absolute Gasteiger partial charge is 0.180 e. The molecule has 4 nitrogen and oxygen atoms in total. The monoisotopic (exact) mass is 715 g/mol. The SMILES string of the molecule is c1ccc(-c2ccc(-c3nc(-c4ccccc4)nc4c3oc3c(-c5cccc(-c6cccc(-n7c8ccccc8c8ccccc87)c6)c5)cccc34)cc2)cc1. The van der Waals surface area contributed by atoms with Gasteiger partial charge in [0.05, 0.1) is 11.0 Å². The van der Waals surface area contributed by atoms with E-state index in [0.29, 0.717) is 11.4 Å². The number of furan rings is 1. The molecule has 0 saturated heterocycles. The average molecular weight is 716 g/mol. The number of rotatable bonds is 6. The van der Waals surface area contributed by atoms with Gasteiger partial charge in [-0.3, -0.25) is 0 Å². The van der Waals surface area contributed by atoms with E-state index in [-0.39, 0.29) is 0 Å². The third kappa shape index (κ3) is 5.31. The van der Waals surface area contributed by atoms with Crippen molar-refractivity contribution in [3.05, 3.63) is 200 Å². The standard InChI is InChI=1S/C52H33N3O/c1-3-14-34(15-4-1)35-28-30-36(31-29-35)48-51-49(54-52(53-48)37-16-5-2-6-17-37)45-25-13-24-42(50(45)56-51)40-20-11-18-38(32-40)39-19-12-21-41(33-39)55-46-26-9-7-22-43(46)44-23-8-10-27-47(44)55/h1-33H. The number of fused-ring (bicyclic) bond motifs is 6. The molecule has 0 aliphatic rings. The van der Waals surface area contributed by atoms with Crippen LogP contribution < -0.4 is 0 Å². The molecule has 0 unspecified atom stereocenters. The zero-order valence-electron chi connectivity index (χ0n) is 30.3. The Morgan fingerprint density at radius 2 is 0.893 bits per heavy atom. The van der Waals surface area contributed by atoms with E-state index >= 15 is 0 Å². The van der Waals surface area contributed by atoms with Gasteiger partial charge < -0.3 is 8.98 Å². The molecule has 0 aliphatic carbocycles. The van der Waals surface area contributed by atoms with E-state index in [4.69, 9.17) is 14.4 Å². The van der Waals surface area contributed by atoms with Crippen molar-refractivity contribution in [1.29, 1.82) is 0 Å². The van der Waals surface area contributed by atoms with Crippen molar-refractivity contribution in [1.82, 2.24) is 14.5 Å². The minimum absolute atomic E-state index is 0.665. The summed E-state index contributed by atoms with van der Waals surface area (Å²) in [6, 6.07) is 70.3. The van der Waals surface area contributed by atoms with Gasteiger partial charge in [-0.15, -0.1) is 0 Å². The van der Waals surface area contributed by atoms with Gasteiger partial charge in [0.1, 0.15) is 16.8 Å². The van der Waals surface area contributed by atoms with E-state index in [1.807, 2.05) is 24.3 Å².